The molecule has 0 spiro atoms. The summed E-state index contributed by atoms with van der Waals surface area (Å²) in [5, 5.41) is 15.3. The molecule has 7 heteroatoms. The Hall–Kier alpha value is -1.66. The van der Waals surface area contributed by atoms with Gasteiger partial charge in [0.1, 0.15) is 0 Å². The molecule has 2 N–H and O–H groups in total. The molecule has 1 aliphatic carbocycles. The highest BCUT2D eigenvalue weighted by atomic mass is 16.6. The number of amides is 3. The van der Waals surface area contributed by atoms with Crippen LogP contribution in [0.15, 0.2) is 0 Å². The number of hydrogen-bond donors (Lipinski definition) is 2. The Kier molecular flexibility index (Phi) is 2.29. The van der Waals surface area contributed by atoms with E-state index in [0.717, 1.165) is 0 Å². The molecule has 0 radical (unpaired) electrons. The van der Waals surface area contributed by atoms with E-state index in [-0.39, 0.29) is 17.4 Å². The van der Waals surface area contributed by atoms with Crippen LogP contribution in [0.1, 0.15) is 19.3 Å². The predicted octanol–water partition coefficient (Wildman–Crippen LogP) is -0.360. The van der Waals surface area contributed by atoms with Gasteiger partial charge in [0.25, 0.3) is 0 Å². The molecule has 82 valence electrons. The second-order valence-electron chi connectivity index (χ2n) is 3.93. The first kappa shape index (κ1) is 9.88. The van der Waals surface area contributed by atoms with Gasteiger partial charge in [-0.1, -0.05) is 0 Å². The fourth-order valence-electron chi connectivity index (χ4n) is 2.21. The van der Waals surface area contributed by atoms with Crippen LogP contribution in [-0.4, -0.2) is 28.9 Å². The van der Waals surface area contributed by atoms with Crippen molar-refractivity contribution in [1.82, 2.24) is 10.6 Å². The van der Waals surface area contributed by atoms with Crippen LogP contribution in [0.3, 0.4) is 0 Å². The number of fused-ring (bicyclic) bond motifs is 1. The number of urea groups is 1. The topological polar surface area (TPSA) is 101 Å². The molecule has 1 saturated heterocycles. The lowest BCUT2D eigenvalue weighted by molar-refractivity contribution is -0.527. The average Bonchev–Trinajstić information content (AvgIpc) is 2.16. The Morgan fingerprint density at radius 2 is 2.07 bits per heavy atom. The van der Waals surface area contributed by atoms with Crippen molar-refractivity contribution >= 4 is 11.9 Å². The minimum atomic E-state index is -0.660. The van der Waals surface area contributed by atoms with Crippen molar-refractivity contribution < 1.29 is 14.5 Å². The van der Waals surface area contributed by atoms with Crippen LogP contribution in [0, 0.1) is 16.0 Å². The summed E-state index contributed by atoms with van der Waals surface area (Å²) in [7, 11) is 0. The van der Waals surface area contributed by atoms with E-state index in [0.29, 0.717) is 12.8 Å². The number of rotatable bonds is 1. The fraction of sp³-hybridized carbons (Fsp3) is 0.750. The van der Waals surface area contributed by atoms with Gasteiger partial charge in [0.05, 0.1) is 5.92 Å². The first-order chi connectivity index (χ1) is 7.08. The molecular formula is C8H11N3O4. The van der Waals surface area contributed by atoms with Crippen molar-refractivity contribution in [3.05, 3.63) is 10.1 Å². The van der Waals surface area contributed by atoms with E-state index >= 15 is 0 Å². The summed E-state index contributed by atoms with van der Waals surface area (Å²) in [6, 6.07) is -1.39. The lowest BCUT2D eigenvalue weighted by atomic mass is 9.80. The Morgan fingerprint density at radius 1 is 1.33 bits per heavy atom. The minimum Gasteiger partial charge on any atom is -0.334 e. The number of carbonyl (C=O) groups excluding carboxylic acids is 2. The van der Waals surface area contributed by atoms with E-state index in [1.807, 2.05) is 0 Å². The van der Waals surface area contributed by atoms with Crippen molar-refractivity contribution in [2.24, 2.45) is 5.92 Å². The third-order valence-electron chi connectivity index (χ3n) is 3.01. The van der Waals surface area contributed by atoms with Crippen molar-refractivity contribution in [3.63, 3.8) is 0 Å². The largest absolute Gasteiger partial charge is 0.334 e. The van der Waals surface area contributed by atoms with Crippen molar-refractivity contribution in [2.75, 3.05) is 0 Å². The van der Waals surface area contributed by atoms with Crippen LogP contribution >= 0.6 is 0 Å². The van der Waals surface area contributed by atoms with Gasteiger partial charge in [-0.05, 0) is 6.42 Å². The molecular weight excluding hydrogens is 202 g/mol. The molecule has 2 aliphatic rings. The molecule has 1 aliphatic heterocycles. The number of imide groups is 1. The number of nitrogens with one attached hydrogen (secondary N) is 2. The zero-order chi connectivity index (χ0) is 11.0. The van der Waals surface area contributed by atoms with E-state index in [1.54, 1.807) is 0 Å². The Morgan fingerprint density at radius 3 is 2.73 bits per heavy atom. The Balaban J connectivity index is 2.09. The van der Waals surface area contributed by atoms with Crippen LogP contribution in [-0.2, 0) is 4.79 Å². The molecule has 1 heterocycles. The van der Waals surface area contributed by atoms with Gasteiger partial charge in [-0.15, -0.1) is 0 Å². The fourth-order valence-corrected chi connectivity index (χ4v) is 2.21. The summed E-state index contributed by atoms with van der Waals surface area (Å²) in [6.45, 7) is 0. The molecule has 1 saturated carbocycles. The lowest BCUT2D eigenvalue weighted by Crippen LogP contribution is -2.60. The monoisotopic (exact) mass is 213 g/mol. The number of nitro groups is 1. The van der Waals surface area contributed by atoms with E-state index in [4.69, 9.17) is 0 Å². The summed E-state index contributed by atoms with van der Waals surface area (Å²) >= 11 is 0. The van der Waals surface area contributed by atoms with E-state index in [2.05, 4.69) is 10.6 Å². The highest BCUT2D eigenvalue weighted by molar-refractivity contribution is 5.98. The van der Waals surface area contributed by atoms with Crippen LogP contribution in [0.5, 0.6) is 0 Å². The molecule has 7 nitrogen and oxygen atoms in total. The zero-order valence-electron chi connectivity index (χ0n) is 7.93. The van der Waals surface area contributed by atoms with E-state index in [9.17, 15) is 19.7 Å². The van der Waals surface area contributed by atoms with Crippen LogP contribution < -0.4 is 10.6 Å². The van der Waals surface area contributed by atoms with Crippen molar-refractivity contribution in [3.8, 4) is 0 Å². The van der Waals surface area contributed by atoms with Gasteiger partial charge >= 0.3 is 6.03 Å². The molecule has 0 aromatic rings. The number of hydrogen-bond acceptors (Lipinski definition) is 4. The second kappa shape index (κ2) is 3.48. The molecule has 2 fully saturated rings. The van der Waals surface area contributed by atoms with Gasteiger partial charge in [-0.3, -0.25) is 20.2 Å². The third-order valence-corrected chi connectivity index (χ3v) is 3.01. The molecule has 3 atom stereocenters. The zero-order valence-corrected chi connectivity index (χ0v) is 7.93. The smallest absolute Gasteiger partial charge is 0.321 e. The lowest BCUT2D eigenvalue weighted by Gasteiger charge is -2.35. The number of nitrogens with zero attached hydrogens (tertiary/aromatic N) is 1. The Bertz CT molecular complexity index is 330. The molecule has 0 bridgehead atoms. The molecule has 3 unspecified atom stereocenters. The highest BCUT2D eigenvalue weighted by Crippen LogP contribution is 2.28. The normalized spacial score (nSPS) is 35.1. The summed E-state index contributed by atoms with van der Waals surface area (Å²) in [4.78, 5) is 32.6. The summed E-state index contributed by atoms with van der Waals surface area (Å²) in [5.74, 6) is -0.845. The van der Waals surface area contributed by atoms with Gasteiger partial charge in [-0.25, -0.2) is 4.79 Å². The second-order valence-corrected chi connectivity index (χ2v) is 3.93. The minimum absolute atomic E-state index is 0.212. The standard InChI is InChI=1S/C8H11N3O4/c12-7-5-3-4(11(14)15)1-2-6(5)9-8(13)10-7/h4-6H,1-3H2,(H2,9,10,12,13). The van der Waals surface area contributed by atoms with E-state index in [1.165, 1.54) is 0 Å². The quantitative estimate of drug-likeness (QED) is 0.458. The maximum absolute atomic E-state index is 11.4. The van der Waals surface area contributed by atoms with E-state index < -0.39 is 23.9 Å². The first-order valence-corrected chi connectivity index (χ1v) is 4.83. The highest BCUT2D eigenvalue weighted by Gasteiger charge is 2.43. The van der Waals surface area contributed by atoms with Gasteiger partial charge in [-0.2, -0.15) is 0 Å². The average molecular weight is 213 g/mol. The van der Waals surface area contributed by atoms with Gasteiger partial charge in [0.2, 0.25) is 11.9 Å². The molecule has 0 aromatic carbocycles. The molecule has 2 rings (SSSR count). The molecule has 3 amide bonds. The maximum atomic E-state index is 11.4. The van der Waals surface area contributed by atoms with Crippen molar-refractivity contribution in [1.29, 1.82) is 0 Å². The summed E-state index contributed by atoms with van der Waals surface area (Å²) in [5.41, 5.74) is 0. The SMILES string of the molecule is O=C1NC(=O)C2CC([N+](=O)[O-])CCC2N1. The molecule has 0 aromatic heterocycles. The van der Waals surface area contributed by atoms with Gasteiger partial charge < -0.3 is 5.32 Å². The number of carbonyl (C=O) groups is 2. The van der Waals surface area contributed by atoms with Crippen LogP contribution in [0.2, 0.25) is 0 Å². The first-order valence-electron chi connectivity index (χ1n) is 4.83. The van der Waals surface area contributed by atoms with Crippen LogP contribution in [0.4, 0.5) is 4.79 Å². The van der Waals surface area contributed by atoms with Gasteiger partial charge in [0, 0.05) is 23.8 Å². The van der Waals surface area contributed by atoms with Gasteiger partial charge in [0.15, 0.2) is 0 Å². The predicted molar refractivity (Wildman–Crippen MR) is 48.6 cm³/mol. The maximum Gasteiger partial charge on any atom is 0.321 e. The summed E-state index contributed by atoms with van der Waals surface area (Å²) < 4.78 is 0. The van der Waals surface area contributed by atoms with Crippen LogP contribution in [0.25, 0.3) is 0 Å². The summed E-state index contributed by atoms with van der Waals surface area (Å²) in [6.07, 6.45) is 1.13. The third kappa shape index (κ3) is 1.77. The Labute approximate surface area is 85.4 Å². The molecule has 15 heavy (non-hydrogen) atoms. The van der Waals surface area contributed by atoms with Crippen molar-refractivity contribution in [2.45, 2.75) is 31.3 Å².